The van der Waals surface area contributed by atoms with E-state index in [-0.39, 0.29) is 11.8 Å². The fourth-order valence-corrected chi connectivity index (χ4v) is 4.63. The summed E-state index contributed by atoms with van der Waals surface area (Å²) in [4.78, 5) is 22.0. The molecule has 2 aliphatic rings. The van der Waals surface area contributed by atoms with E-state index in [0.717, 1.165) is 57.0 Å². The lowest BCUT2D eigenvalue weighted by atomic mass is 9.93. The minimum absolute atomic E-state index is 0.0946. The van der Waals surface area contributed by atoms with Crippen LogP contribution in [0, 0.1) is 12.8 Å². The number of aryl methyl sites for hydroxylation is 1. The van der Waals surface area contributed by atoms with Gasteiger partial charge in [0.05, 0.1) is 18.2 Å². The minimum atomic E-state index is 0.0946. The number of carbonyl (C=O) groups excluding carboxylic acids is 1. The number of likely N-dealkylation sites (tertiary alicyclic amines) is 2. The molecule has 2 N–H and O–H groups in total. The van der Waals surface area contributed by atoms with E-state index in [0.29, 0.717) is 12.6 Å². The van der Waals surface area contributed by atoms with Gasteiger partial charge in [-0.15, -0.1) is 0 Å². The van der Waals surface area contributed by atoms with Crippen LogP contribution in [0.25, 0.3) is 0 Å². The van der Waals surface area contributed by atoms with Crippen LogP contribution < -0.4 is 5.32 Å². The van der Waals surface area contributed by atoms with E-state index in [1.165, 1.54) is 18.4 Å². The molecule has 0 saturated carbocycles. The number of aromatic nitrogens is 3. The van der Waals surface area contributed by atoms with Gasteiger partial charge in [-0.3, -0.25) is 24.7 Å². The van der Waals surface area contributed by atoms with Crippen LogP contribution in [0.5, 0.6) is 0 Å². The Morgan fingerprint density at radius 1 is 1.28 bits per heavy atom. The Bertz CT molecular complexity index is 784. The van der Waals surface area contributed by atoms with Gasteiger partial charge in [0, 0.05) is 37.2 Å². The summed E-state index contributed by atoms with van der Waals surface area (Å²) in [6.45, 7) is 7.70. The molecule has 29 heavy (non-hydrogen) atoms. The third-order valence-corrected chi connectivity index (χ3v) is 6.23. The Morgan fingerprint density at radius 3 is 2.86 bits per heavy atom. The van der Waals surface area contributed by atoms with E-state index >= 15 is 0 Å². The Kier molecular flexibility index (Phi) is 6.56. The summed E-state index contributed by atoms with van der Waals surface area (Å²) in [5.74, 6) is 0.265. The van der Waals surface area contributed by atoms with Crippen molar-refractivity contribution in [2.24, 2.45) is 5.92 Å². The van der Waals surface area contributed by atoms with Gasteiger partial charge in [0.25, 0.3) is 0 Å². The maximum absolute atomic E-state index is 12.7. The molecule has 7 heteroatoms. The zero-order valence-corrected chi connectivity index (χ0v) is 17.3. The van der Waals surface area contributed by atoms with Gasteiger partial charge in [0.1, 0.15) is 0 Å². The molecule has 4 heterocycles. The molecule has 7 nitrogen and oxygen atoms in total. The van der Waals surface area contributed by atoms with E-state index in [2.05, 4.69) is 36.4 Å². The number of pyridine rings is 1. The van der Waals surface area contributed by atoms with Crippen molar-refractivity contribution < 1.29 is 4.79 Å². The monoisotopic (exact) mass is 396 g/mol. The van der Waals surface area contributed by atoms with Crippen molar-refractivity contribution in [3.8, 4) is 0 Å². The molecule has 0 spiro atoms. The van der Waals surface area contributed by atoms with Crippen molar-refractivity contribution in [2.75, 3.05) is 26.2 Å². The predicted molar refractivity (Wildman–Crippen MR) is 112 cm³/mol. The number of piperidine rings is 2. The minimum Gasteiger partial charge on any atom is -0.350 e. The van der Waals surface area contributed by atoms with Crippen molar-refractivity contribution in [3.05, 3.63) is 47.5 Å². The van der Waals surface area contributed by atoms with Crippen molar-refractivity contribution in [2.45, 2.75) is 51.7 Å². The van der Waals surface area contributed by atoms with Gasteiger partial charge < -0.3 is 5.32 Å². The highest BCUT2D eigenvalue weighted by atomic mass is 16.1. The number of nitrogens with zero attached hydrogens (tertiary/aromatic N) is 4. The number of carbonyl (C=O) groups is 1. The first kappa shape index (κ1) is 20.0. The Labute approximate surface area is 172 Å². The first-order valence-electron chi connectivity index (χ1n) is 10.8. The number of nitrogens with one attached hydrogen (secondary N) is 2. The fraction of sp³-hybridized carbons (Fsp3) is 0.591. The number of rotatable bonds is 6. The highest BCUT2D eigenvalue weighted by Crippen LogP contribution is 2.24. The van der Waals surface area contributed by atoms with Gasteiger partial charge in [0.15, 0.2) is 0 Å². The van der Waals surface area contributed by atoms with Gasteiger partial charge in [-0.2, -0.15) is 5.10 Å². The fourth-order valence-electron chi connectivity index (χ4n) is 4.63. The third-order valence-electron chi connectivity index (χ3n) is 6.23. The Balaban J connectivity index is 1.23. The summed E-state index contributed by atoms with van der Waals surface area (Å²) in [7, 11) is 0. The smallest absolute Gasteiger partial charge is 0.224 e. The maximum Gasteiger partial charge on any atom is 0.224 e. The molecule has 2 saturated heterocycles. The lowest BCUT2D eigenvalue weighted by Crippen LogP contribution is -2.50. The number of aromatic amines is 1. The molecular formula is C22H32N6O. The summed E-state index contributed by atoms with van der Waals surface area (Å²) in [5, 5.41) is 10.2. The molecule has 2 aromatic rings. The van der Waals surface area contributed by atoms with Gasteiger partial charge in [-0.25, -0.2) is 0 Å². The average molecular weight is 397 g/mol. The molecule has 0 aromatic carbocycles. The largest absolute Gasteiger partial charge is 0.350 e. The molecule has 2 fully saturated rings. The van der Waals surface area contributed by atoms with E-state index in [1.54, 1.807) is 0 Å². The van der Waals surface area contributed by atoms with Crippen LogP contribution in [0.3, 0.4) is 0 Å². The maximum atomic E-state index is 12.7. The first-order valence-corrected chi connectivity index (χ1v) is 10.8. The number of hydrogen-bond donors (Lipinski definition) is 2. The molecule has 2 aromatic heterocycles. The van der Waals surface area contributed by atoms with Crippen molar-refractivity contribution >= 4 is 5.91 Å². The summed E-state index contributed by atoms with van der Waals surface area (Å²) >= 11 is 0. The molecule has 2 aliphatic heterocycles. The molecule has 156 valence electrons. The van der Waals surface area contributed by atoms with Crippen LogP contribution in [0.1, 0.15) is 42.6 Å². The second-order valence-electron chi connectivity index (χ2n) is 8.46. The van der Waals surface area contributed by atoms with E-state index < -0.39 is 0 Å². The van der Waals surface area contributed by atoms with Gasteiger partial charge >= 0.3 is 0 Å². The topological polar surface area (TPSA) is 77.2 Å². The van der Waals surface area contributed by atoms with Gasteiger partial charge in [-0.05, 0) is 69.9 Å². The van der Waals surface area contributed by atoms with Crippen LogP contribution in [-0.2, 0) is 17.9 Å². The number of amides is 1. The van der Waals surface area contributed by atoms with Crippen molar-refractivity contribution in [1.82, 2.24) is 30.3 Å². The predicted octanol–water partition coefficient (Wildman–Crippen LogP) is 2.11. The van der Waals surface area contributed by atoms with Crippen LogP contribution in [0.4, 0.5) is 0 Å². The van der Waals surface area contributed by atoms with Gasteiger partial charge in [0.2, 0.25) is 5.91 Å². The molecule has 1 atom stereocenters. The van der Waals surface area contributed by atoms with E-state index in [4.69, 9.17) is 0 Å². The first-order chi connectivity index (χ1) is 14.2. The third kappa shape index (κ3) is 5.42. The second kappa shape index (κ2) is 9.50. The molecule has 4 rings (SSSR count). The molecular weight excluding hydrogens is 364 g/mol. The zero-order valence-electron chi connectivity index (χ0n) is 17.3. The van der Waals surface area contributed by atoms with Crippen LogP contribution in [0.2, 0.25) is 0 Å². The van der Waals surface area contributed by atoms with Crippen molar-refractivity contribution in [3.63, 3.8) is 0 Å². The highest BCUT2D eigenvalue weighted by molar-refractivity contribution is 5.78. The molecule has 0 unspecified atom stereocenters. The lowest BCUT2D eigenvalue weighted by Gasteiger charge is -2.42. The normalized spacial score (nSPS) is 21.9. The molecule has 1 amide bonds. The SMILES string of the molecule is Cc1cc(CNC(=O)[C@@H]2CCCN(C3CCN(Cc4cccnc4)CC3)C2)n[nH]1. The van der Waals surface area contributed by atoms with E-state index in [9.17, 15) is 4.79 Å². The molecule has 0 bridgehead atoms. The zero-order chi connectivity index (χ0) is 20.1. The number of H-pyrrole nitrogens is 1. The van der Waals surface area contributed by atoms with Crippen LogP contribution in [0.15, 0.2) is 30.6 Å². The Morgan fingerprint density at radius 2 is 2.14 bits per heavy atom. The number of hydrogen-bond acceptors (Lipinski definition) is 5. The van der Waals surface area contributed by atoms with Crippen LogP contribution >= 0.6 is 0 Å². The lowest BCUT2D eigenvalue weighted by molar-refractivity contribution is -0.127. The molecule has 0 radical (unpaired) electrons. The standard InChI is InChI=1S/C22H32N6O/c1-17-12-20(26-25-17)14-24-22(29)19-5-3-9-28(16-19)21-6-10-27(11-7-21)15-18-4-2-8-23-13-18/h2,4,8,12-13,19,21H,3,5-7,9-11,14-16H2,1H3,(H,24,29)(H,25,26)/t19-/m1/s1. The average Bonchev–Trinajstić information content (AvgIpc) is 3.18. The summed E-state index contributed by atoms with van der Waals surface area (Å²) < 4.78 is 0. The van der Waals surface area contributed by atoms with Crippen molar-refractivity contribution in [1.29, 1.82) is 0 Å². The summed E-state index contributed by atoms with van der Waals surface area (Å²) in [5.41, 5.74) is 3.20. The summed E-state index contributed by atoms with van der Waals surface area (Å²) in [6.07, 6.45) is 8.25. The van der Waals surface area contributed by atoms with Gasteiger partial charge in [-0.1, -0.05) is 6.07 Å². The summed E-state index contributed by atoms with van der Waals surface area (Å²) in [6, 6.07) is 6.74. The second-order valence-corrected chi connectivity index (χ2v) is 8.46. The highest BCUT2D eigenvalue weighted by Gasteiger charge is 2.31. The molecule has 0 aliphatic carbocycles. The Hall–Kier alpha value is -2.25. The van der Waals surface area contributed by atoms with Crippen LogP contribution in [-0.4, -0.2) is 63.1 Å². The van der Waals surface area contributed by atoms with E-state index in [1.807, 2.05) is 31.5 Å². The quantitative estimate of drug-likeness (QED) is 0.782.